The number of aromatic nitrogens is 1. The first-order valence-electron chi connectivity index (χ1n) is 6.87. The van der Waals surface area contributed by atoms with E-state index >= 15 is 0 Å². The first-order chi connectivity index (χ1) is 10.2. The van der Waals surface area contributed by atoms with Crippen molar-refractivity contribution in [3.63, 3.8) is 0 Å². The highest BCUT2D eigenvalue weighted by Crippen LogP contribution is 2.32. The number of carbonyl (C=O) groups is 1. The number of benzene rings is 1. The Kier molecular flexibility index (Phi) is 3.48. The van der Waals surface area contributed by atoms with Gasteiger partial charge in [-0.1, -0.05) is 0 Å². The van der Waals surface area contributed by atoms with Crippen molar-refractivity contribution in [2.24, 2.45) is 0 Å². The van der Waals surface area contributed by atoms with Gasteiger partial charge in [0.2, 0.25) is 0 Å². The van der Waals surface area contributed by atoms with Gasteiger partial charge in [0.15, 0.2) is 0 Å². The minimum Gasteiger partial charge on any atom is -0.457 e. The molecule has 21 heavy (non-hydrogen) atoms. The van der Waals surface area contributed by atoms with E-state index in [-0.39, 0.29) is 5.91 Å². The molecule has 0 bridgehead atoms. The van der Waals surface area contributed by atoms with Gasteiger partial charge >= 0.3 is 0 Å². The zero-order valence-electron chi connectivity index (χ0n) is 12.1. The lowest BCUT2D eigenvalue weighted by atomic mass is 10.1. The summed E-state index contributed by atoms with van der Waals surface area (Å²) in [6.45, 7) is 1.04. The Bertz CT molecular complexity index is 685. The summed E-state index contributed by atoms with van der Waals surface area (Å²) >= 11 is 0. The minimum absolute atomic E-state index is 0.226. The summed E-state index contributed by atoms with van der Waals surface area (Å²) in [5.41, 5.74) is 2.88. The smallest absolute Gasteiger partial charge is 0.269 e. The van der Waals surface area contributed by atoms with E-state index < -0.39 is 0 Å². The van der Waals surface area contributed by atoms with Gasteiger partial charge in [0.05, 0.1) is 0 Å². The van der Waals surface area contributed by atoms with Gasteiger partial charge in [-0.2, -0.15) is 0 Å². The molecule has 1 aliphatic rings. The molecule has 5 nitrogen and oxygen atoms in total. The maximum Gasteiger partial charge on any atom is 0.269 e. The molecule has 1 amide bonds. The van der Waals surface area contributed by atoms with Crippen molar-refractivity contribution >= 4 is 11.6 Å². The Labute approximate surface area is 123 Å². The molecule has 0 radical (unpaired) electrons. The fourth-order valence-electron chi connectivity index (χ4n) is 2.47. The topological polar surface area (TPSA) is 54.5 Å². The number of rotatable bonds is 3. The number of hydrogen-bond acceptors (Lipinski definition) is 4. The fraction of sp³-hybridized carbons (Fsp3) is 0.250. The number of ether oxygens (including phenoxy) is 1. The number of pyridine rings is 1. The first kappa shape index (κ1) is 13.4. The molecule has 0 fully saturated rings. The van der Waals surface area contributed by atoms with Crippen LogP contribution in [0.5, 0.6) is 11.5 Å². The van der Waals surface area contributed by atoms with E-state index in [1.807, 2.05) is 6.07 Å². The molecule has 0 aliphatic carbocycles. The molecule has 0 saturated carbocycles. The van der Waals surface area contributed by atoms with Crippen LogP contribution in [0, 0.1) is 0 Å². The molecule has 0 saturated heterocycles. The van der Waals surface area contributed by atoms with Crippen LogP contribution >= 0.6 is 0 Å². The van der Waals surface area contributed by atoms with Gasteiger partial charge in [-0.3, -0.25) is 9.78 Å². The highest BCUT2D eigenvalue weighted by molar-refractivity contribution is 5.92. The molecular formula is C16H17N3O2. The summed E-state index contributed by atoms with van der Waals surface area (Å²) < 4.78 is 5.84. The van der Waals surface area contributed by atoms with Gasteiger partial charge in [0.1, 0.15) is 17.2 Å². The van der Waals surface area contributed by atoms with Gasteiger partial charge < -0.3 is 15.0 Å². The number of hydrogen-bond donors (Lipinski definition) is 1. The third-order valence-electron chi connectivity index (χ3n) is 3.61. The van der Waals surface area contributed by atoms with Crippen molar-refractivity contribution in [2.45, 2.75) is 6.42 Å². The van der Waals surface area contributed by atoms with Gasteiger partial charge in [0.25, 0.3) is 5.91 Å². The summed E-state index contributed by atoms with van der Waals surface area (Å²) in [5, 5.41) is 2.55. The van der Waals surface area contributed by atoms with E-state index in [2.05, 4.69) is 34.4 Å². The number of nitrogens with zero attached hydrogens (tertiary/aromatic N) is 2. The van der Waals surface area contributed by atoms with E-state index in [4.69, 9.17) is 4.74 Å². The molecule has 0 atom stereocenters. The Morgan fingerprint density at radius 1 is 1.29 bits per heavy atom. The second kappa shape index (κ2) is 5.44. The molecule has 3 rings (SSSR count). The van der Waals surface area contributed by atoms with E-state index in [1.54, 1.807) is 25.4 Å². The average Bonchev–Trinajstić information content (AvgIpc) is 2.87. The summed E-state index contributed by atoms with van der Waals surface area (Å²) in [4.78, 5) is 17.8. The highest BCUT2D eigenvalue weighted by Gasteiger charge is 2.16. The van der Waals surface area contributed by atoms with Crippen molar-refractivity contribution in [3.05, 3.63) is 47.8 Å². The van der Waals surface area contributed by atoms with Gasteiger partial charge in [0, 0.05) is 38.6 Å². The van der Waals surface area contributed by atoms with Crippen LogP contribution in [-0.4, -0.2) is 31.5 Å². The lowest BCUT2D eigenvalue weighted by molar-refractivity contribution is 0.0958. The van der Waals surface area contributed by atoms with Gasteiger partial charge in [-0.05, 0) is 36.2 Å². The number of likely N-dealkylation sites (N-methyl/N-ethyl adjacent to an activating group) is 1. The SMILES string of the molecule is CNC(=O)c1cc(Oc2ccc3c(c2)CCN3C)ccn1. The minimum atomic E-state index is -0.226. The van der Waals surface area contributed by atoms with Crippen LogP contribution in [0.1, 0.15) is 16.1 Å². The quantitative estimate of drug-likeness (QED) is 0.938. The van der Waals surface area contributed by atoms with Crippen LogP contribution in [0.4, 0.5) is 5.69 Å². The molecule has 1 aromatic heterocycles. The van der Waals surface area contributed by atoms with E-state index in [0.717, 1.165) is 18.7 Å². The first-order valence-corrected chi connectivity index (χ1v) is 6.87. The zero-order chi connectivity index (χ0) is 14.8. The van der Waals surface area contributed by atoms with Crippen LogP contribution < -0.4 is 15.0 Å². The molecule has 108 valence electrons. The molecule has 1 N–H and O–H groups in total. The highest BCUT2D eigenvalue weighted by atomic mass is 16.5. The monoisotopic (exact) mass is 283 g/mol. The molecule has 1 aliphatic heterocycles. The standard InChI is InChI=1S/C16H17N3O2/c1-17-16(20)14-10-13(5-7-18-14)21-12-3-4-15-11(9-12)6-8-19(15)2/h3-5,7,9-10H,6,8H2,1-2H3,(H,17,20). The predicted molar refractivity (Wildman–Crippen MR) is 81.1 cm³/mol. The number of carbonyl (C=O) groups excluding carboxylic acids is 1. The lowest BCUT2D eigenvalue weighted by Gasteiger charge is -2.12. The van der Waals surface area contributed by atoms with Gasteiger partial charge in [-0.25, -0.2) is 0 Å². The Balaban J connectivity index is 1.82. The van der Waals surface area contributed by atoms with Crippen LogP contribution in [0.3, 0.4) is 0 Å². The molecule has 0 unspecified atom stereocenters. The molecule has 2 aromatic rings. The van der Waals surface area contributed by atoms with Crippen molar-refractivity contribution < 1.29 is 9.53 Å². The van der Waals surface area contributed by atoms with Crippen molar-refractivity contribution in [1.82, 2.24) is 10.3 Å². The summed E-state index contributed by atoms with van der Waals surface area (Å²) in [6.07, 6.45) is 2.60. The maximum atomic E-state index is 11.6. The predicted octanol–water partition coefficient (Wildman–Crippen LogP) is 2.23. The molecule has 0 spiro atoms. The Morgan fingerprint density at radius 2 is 2.10 bits per heavy atom. The third kappa shape index (κ3) is 2.67. The summed E-state index contributed by atoms with van der Waals surface area (Å²) in [6, 6.07) is 9.45. The molecule has 1 aromatic carbocycles. The fourth-order valence-corrected chi connectivity index (χ4v) is 2.47. The molecular weight excluding hydrogens is 266 g/mol. The Morgan fingerprint density at radius 3 is 2.90 bits per heavy atom. The van der Waals surface area contributed by atoms with Crippen LogP contribution in [0.25, 0.3) is 0 Å². The van der Waals surface area contributed by atoms with Crippen molar-refractivity contribution in [3.8, 4) is 11.5 Å². The summed E-state index contributed by atoms with van der Waals surface area (Å²) in [7, 11) is 3.67. The second-order valence-corrected chi connectivity index (χ2v) is 5.02. The second-order valence-electron chi connectivity index (χ2n) is 5.02. The number of fused-ring (bicyclic) bond motifs is 1. The van der Waals surface area contributed by atoms with E-state index in [9.17, 15) is 4.79 Å². The average molecular weight is 283 g/mol. The normalized spacial score (nSPS) is 13.0. The van der Waals surface area contributed by atoms with E-state index in [0.29, 0.717) is 11.4 Å². The number of amides is 1. The summed E-state index contributed by atoms with van der Waals surface area (Å²) in [5.74, 6) is 1.16. The zero-order valence-corrected chi connectivity index (χ0v) is 12.1. The molecule has 2 heterocycles. The lowest BCUT2D eigenvalue weighted by Crippen LogP contribution is -2.18. The Hall–Kier alpha value is -2.56. The van der Waals surface area contributed by atoms with E-state index in [1.165, 1.54) is 11.3 Å². The van der Waals surface area contributed by atoms with Crippen LogP contribution in [0.15, 0.2) is 36.5 Å². The van der Waals surface area contributed by atoms with Crippen LogP contribution in [0.2, 0.25) is 0 Å². The maximum absolute atomic E-state index is 11.6. The van der Waals surface area contributed by atoms with Crippen molar-refractivity contribution in [2.75, 3.05) is 25.5 Å². The largest absolute Gasteiger partial charge is 0.457 e. The van der Waals surface area contributed by atoms with Gasteiger partial charge in [-0.15, -0.1) is 0 Å². The van der Waals surface area contributed by atoms with Crippen molar-refractivity contribution in [1.29, 1.82) is 0 Å². The third-order valence-corrected chi connectivity index (χ3v) is 3.61. The van der Waals surface area contributed by atoms with Crippen LogP contribution in [-0.2, 0) is 6.42 Å². The molecule has 5 heteroatoms. The number of nitrogens with one attached hydrogen (secondary N) is 1. The number of anilines is 1.